The molecule has 2 aromatic rings. The molecule has 0 bridgehead atoms. The first-order valence-corrected chi connectivity index (χ1v) is 11.8. The van der Waals surface area contributed by atoms with E-state index in [4.69, 9.17) is 16.6 Å². The molecule has 4 rings (SSSR count). The molecule has 7 nitrogen and oxygen atoms in total. The molecule has 0 aromatic carbocycles. The third kappa shape index (κ3) is 5.84. The molecule has 0 unspecified atom stereocenters. The zero-order valence-corrected chi connectivity index (χ0v) is 18.6. The van der Waals surface area contributed by atoms with Crippen molar-refractivity contribution in [3.8, 4) is 11.3 Å². The molecule has 4 N–H and O–H groups in total. The summed E-state index contributed by atoms with van der Waals surface area (Å²) in [5, 5.41) is 26.3. The standard InChI is InChI=1S/C23H32ClN5O2/c24-22-11-21(27-17-5-1-15(13-30)2-6-17)19(12-26-22)20-9-10-25-23(29-20)28-18-7-3-16(14-31)4-8-18/h9-12,15-18,30-31H,1-8,13-14H2,(H,26,27)(H,25,28,29). The number of halogens is 1. The first-order chi connectivity index (χ1) is 15.1. The van der Waals surface area contributed by atoms with Gasteiger partial charge in [0, 0.05) is 48.9 Å². The summed E-state index contributed by atoms with van der Waals surface area (Å²) in [6.07, 6.45) is 11.7. The average molecular weight is 446 g/mol. The van der Waals surface area contributed by atoms with Crippen molar-refractivity contribution in [2.75, 3.05) is 23.8 Å². The van der Waals surface area contributed by atoms with Crippen LogP contribution in [0.2, 0.25) is 5.15 Å². The van der Waals surface area contributed by atoms with Crippen LogP contribution in [0, 0.1) is 11.8 Å². The van der Waals surface area contributed by atoms with Crippen molar-refractivity contribution in [1.82, 2.24) is 15.0 Å². The fourth-order valence-electron chi connectivity index (χ4n) is 4.71. The Labute approximate surface area is 188 Å². The molecule has 0 radical (unpaired) electrons. The Hall–Kier alpha value is -1.96. The Balaban J connectivity index is 1.47. The molecule has 0 aliphatic heterocycles. The molecule has 2 aliphatic rings. The molecule has 0 spiro atoms. The first kappa shape index (κ1) is 22.2. The largest absolute Gasteiger partial charge is 0.396 e. The number of nitrogens with one attached hydrogen (secondary N) is 2. The third-order valence-electron chi connectivity index (χ3n) is 6.70. The Bertz CT molecular complexity index is 852. The van der Waals surface area contributed by atoms with Crippen LogP contribution in [0.4, 0.5) is 11.6 Å². The zero-order valence-electron chi connectivity index (χ0n) is 17.8. The highest BCUT2D eigenvalue weighted by molar-refractivity contribution is 6.29. The van der Waals surface area contributed by atoms with E-state index in [2.05, 4.69) is 20.6 Å². The predicted octanol–water partition coefficient (Wildman–Crippen LogP) is 4.12. The molecule has 0 saturated heterocycles. The van der Waals surface area contributed by atoms with Crippen molar-refractivity contribution in [3.05, 3.63) is 29.7 Å². The Kier molecular flexibility index (Phi) is 7.58. The SMILES string of the molecule is OCC1CCC(Nc2nccc(-c3cnc(Cl)cc3NC3CCC(CO)CC3)n2)CC1. The van der Waals surface area contributed by atoms with Crippen LogP contribution in [0.15, 0.2) is 24.5 Å². The van der Waals surface area contributed by atoms with Crippen LogP contribution in [-0.2, 0) is 0 Å². The fraction of sp³-hybridized carbons (Fsp3) is 0.609. The summed E-state index contributed by atoms with van der Waals surface area (Å²) < 4.78 is 0. The maximum atomic E-state index is 9.39. The summed E-state index contributed by atoms with van der Waals surface area (Å²) in [4.78, 5) is 13.5. The second kappa shape index (κ2) is 10.6. The molecule has 8 heteroatoms. The van der Waals surface area contributed by atoms with Crippen LogP contribution in [0.3, 0.4) is 0 Å². The number of rotatable bonds is 7. The number of pyridine rings is 1. The van der Waals surface area contributed by atoms with E-state index in [0.717, 1.165) is 68.3 Å². The van der Waals surface area contributed by atoms with Gasteiger partial charge in [0.1, 0.15) is 5.15 Å². The summed E-state index contributed by atoms with van der Waals surface area (Å²) >= 11 is 6.20. The van der Waals surface area contributed by atoms with Gasteiger partial charge in [-0.15, -0.1) is 0 Å². The average Bonchev–Trinajstić information content (AvgIpc) is 2.80. The minimum Gasteiger partial charge on any atom is -0.396 e. The lowest BCUT2D eigenvalue weighted by atomic mass is 9.86. The number of aromatic nitrogens is 3. The van der Waals surface area contributed by atoms with E-state index in [-0.39, 0.29) is 13.2 Å². The second-order valence-corrected chi connectivity index (χ2v) is 9.29. The predicted molar refractivity (Wildman–Crippen MR) is 123 cm³/mol. The van der Waals surface area contributed by atoms with Crippen molar-refractivity contribution in [3.63, 3.8) is 0 Å². The van der Waals surface area contributed by atoms with E-state index in [1.54, 1.807) is 12.4 Å². The van der Waals surface area contributed by atoms with Gasteiger partial charge in [0.05, 0.1) is 5.69 Å². The molecule has 0 amide bonds. The Morgan fingerprint density at radius 1 is 0.871 bits per heavy atom. The Morgan fingerprint density at radius 3 is 2.10 bits per heavy atom. The number of aliphatic hydroxyl groups is 2. The first-order valence-electron chi connectivity index (χ1n) is 11.4. The highest BCUT2D eigenvalue weighted by atomic mass is 35.5. The van der Waals surface area contributed by atoms with Gasteiger partial charge in [-0.2, -0.15) is 0 Å². The summed E-state index contributed by atoms with van der Waals surface area (Å²) in [5.41, 5.74) is 2.64. The molecule has 31 heavy (non-hydrogen) atoms. The normalized spacial score (nSPS) is 26.4. The van der Waals surface area contributed by atoms with Crippen LogP contribution in [0.1, 0.15) is 51.4 Å². The number of hydrogen-bond acceptors (Lipinski definition) is 7. The van der Waals surface area contributed by atoms with Crippen molar-refractivity contribution < 1.29 is 10.2 Å². The number of anilines is 2. The quantitative estimate of drug-likeness (QED) is 0.475. The van der Waals surface area contributed by atoms with Gasteiger partial charge < -0.3 is 20.8 Å². The molecule has 2 saturated carbocycles. The van der Waals surface area contributed by atoms with Crippen LogP contribution >= 0.6 is 11.6 Å². The number of aliphatic hydroxyl groups excluding tert-OH is 2. The lowest BCUT2D eigenvalue weighted by molar-refractivity contribution is 0.185. The van der Waals surface area contributed by atoms with Gasteiger partial charge in [-0.1, -0.05) is 11.6 Å². The van der Waals surface area contributed by atoms with Crippen molar-refractivity contribution >= 4 is 23.2 Å². The van der Waals surface area contributed by atoms with E-state index in [1.807, 2.05) is 12.1 Å². The highest BCUT2D eigenvalue weighted by Gasteiger charge is 2.23. The fourth-order valence-corrected chi connectivity index (χ4v) is 4.87. The minimum absolute atomic E-state index is 0.275. The highest BCUT2D eigenvalue weighted by Crippen LogP contribution is 2.33. The lowest BCUT2D eigenvalue weighted by Gasteiger charge is -2.29. The molecule has 2 fully saturated rings. The molecule has 0 atom stereocenters. The van der Waals surface area contributed by atoms with Gasteiger partial charge >= 0.3 is 0 Å². The minimum atomic E-state index is 0.275. The summed E-state index contributed by atoms with van der Waals surface area (Å²) in [6.45, 7) is 0.553. The maximum Gasteiger partial charge on any atom is 0.223 e. The van der Waals surface area contributed by atoms with Crippen molar-refractivity contribution in [2.45, 2.75) is 63.5 Å². The second-order valence-electron chi connectivity index (χ2n) is 8.91. The van der Waals surface area contributed by atoms with Crippen LogP contribution in [0.5, 0.6) is 0 Å². The molecule has 2 aliphatic carbocycles. The third-order valence-corrected chi connectivity index (χ3v) is 6.91. The van der Waals surface area contributed by atoms with Gasteiger partial charge in [0.2, 0.25) is 5.95 Å². The Morgan fingerprint density at radius 2 is 1.48 bits per heavy atom. The van der Waals surface area contributed by atoms with Crippen LogP contribution < -0.4 is 10.6 Å². The van der Waals surface area contributed by atoms with E-state index >= 15 is 0 Å². The molecule has 2 heterocycles. The molecule has 2 aromatic heterocycles. The topological polar surface area (TPSA) is 103 Å². The van der Waals surface area contributed by atoms with E-state index < -0.39 is 0 Å². The smallest absolute Gasteiger partial charge is 0.223 e. The maximum absolute atomic E-state index is 9.39. The van der Waals surface area contributed by atoms with E-state index in [0.29, 0.717) is 35.0 Å². The van der Waals surface area contributed by atoms with Gasteiger partial charge in [0.15, 0.2) is 0 Å². The lowest BCUT2D eigenvalue weighted by Crippen LogP contribution is -2.28. The number of hydrogen-bond donors (Lipinski definition) is 4. The molecular weight excluding hydrogens is 414 g/mol. The van der Waals surface area contributed by atoms with E-state index in [9.17, 15) is 10.2 Å². The van der Waals surface area contributed by atoms with Gasteiger partial charge in [0.25, 0.3) is 0 Å². The van der Waals surface area contributed by atoms with Crippen LogP contribution in [-0.4, -0.2) is 50.5 Å². The monoisotopic (exact) mass is 445 g/mol. The van der Waals surface area contributed by atoms with Crippen LogP contribution in [0.25, 0.3) is 11.3 Å². The molecule has 168 valence electrons. The zero-order chi connectivity index (χ0) is 21.6. The van der Waals surface area contributed by atoms with Gasteiger partial charge in [-0.05, 0) is 75.3 Å². The van der Waals surface area contributed by atoms with E-state index in [1.165, 1.54) is 0 Å². The summed E-state index contributed by atoms with van der Waals surface area (Å²) in [5.74, 6) is 1.46. The summed E-state index contributed by atoms with van der Waals surface area (Å²) in [7, 11) is 0. The summed E-state index contributed by atoms with van der Waals surface area (Å²) in [6, 6.07) is 4.44. The number of nitrogens with zero attached hydrogens (tertiary/aromatic N) is 3. The van der Waals surface area contributed by atoms with Crippen molar-refractivity contribution in [1.29, 1.82) is 0 Å². The van der Waals surface area contributed by atoms with Gasteiger partial charge in [-0.25, -0.2) is 15.0 Å². The van der Waals surface area contributed by atoms with Gasteiger partial charge in [-0.3, -0.25) is 0 Å². The molecular formula is C23H32ClN5O2. The van der Waals surface area contributed by atoms with Crippen molar-refractivity contribution in [2.24, 2.45) is 11.8 Å².